The van der Waals surface area contributed by atoms with Crippen LogP contribution in [0.1, 0.15) is 107 Å². The minimum Gasteiger partial charge on any atom is -0.481 e. The Bertz CT molecular complexity index is 2130. The number of hydroxylamine groups is 2. The predicted octanol–water partition coefficient (Wildman–Crippen LogP) is -0.557. The Kier molecular flexibility index (Phi) is 19.4. The maximum atomic E-state index is 13.6. The van der Waals surface area contributed by atoms with Crippen molar-refractivity contribution in [2.75, 3.05) is 6.54 Å². The summed E-state index contributed by atoms with van der Waals surface area (Å²) < 4.78 is 0. The zero-order valence-electron chi connectivity index (χ0n) is 34.3. The van der Waals surface area contributed by atoms with Crippen molar-refractivity contribution >= 4 is 71.2 Å². The van der Waals surface area contributed by atoms with E-state index in [0.29, 0.717) is 5.56 Å². The van der Waals surface area contributed by atoms with Gasteiger partial charge in [-0.15, -0.1) is 5.06 Å². The highest BCUT2D eigenvalue weighted by Crippen LogP contribution is 2.16. The maximum Gasteiger partial charge on any atom is 0.363 e. The molecule has 1 saturated heterocycles. The molecule has 1 fully saturated rings. The van der Waals surface area contributed by atoms with Crippen LogP contribution in [-0.4, -0.2) is 132 Å². The Morgan fingerprint density at radius 2 is 1.12 bits per heavy atom. The van der Waals surface area contributed by atoms with Crippen molar-refractivity contribution < 1.29 is 82.8 Å². The molecule has 2 heterocycles. The Balaban J connectivity index is 1.72. The van der Waals surface area contributed by atoms with E-state index in [4.69, 9.17) is 4.84 Å². The van der Waals surface area contributed by atoms with Gasteiger partial charge in [-0.2, -0.15) is 0 Å². The van der Waals surface area contributed by atoms with Crippen molar-refractivity contribution in [3.63, 3.8) is 0 Å². The normalized spacial score (nSPS) is 13.9. The van der Waals surface area contributed by atoms with Gasteiger partial charge in [0.15, 0.2) is 0 Å². The van der Waals surface area contributed by atoms with E-state index in [-0.39, 0.29) is 54.8 Å². The molecular formula is C40H47N7O17. The molecule has 3 rings (SSSR count). The topological polar surface area (TPSA) is 371 Å². The summed E-state index contributed by atoms with van der Waals surface area (Å²) in [6.07, 6.45) is -1.09. The molecule has 64 heavy (non-hydrogen) atoms. The maximum absolute atomic E-state index is 13.6. The van der Waals surface area contributed by atoms with Crippen LogP contribution < -0.4 is 26.6 Å². The molecule has 0 radical (unpaired) electrons. The highest BCUT2D eigenvalue weighted by atomic mass is 16.7. The van der Waals surface area contributed by atoms with Crippen molar-refractivity contribution in [3.8, 4) is 0 Å². The number of rotatable bonds is 26. The number of aliphatic carboxylic acids is 4. The average molecular weight is 898 g/mol. The first-order valence-electron chi connectivity index (χ1n) is 19.7. The van der Waals surface area contributed by atoms with E-state index in [0.717, 1.165) is 11.6 Å². The molecule has 4 atom stereocenters. The van der Waals surface area contributed by atoms with Crippen LogP contribution in [0.3, 0.4) is 0 Å². The number of carbonyl (C=O) groups excluding carboxylic acids is 8. The second kappa shape index (κ2) is 24.6. The number of hydrogen-bond donors (Lipinski definition) is 9. The molecule has 1 aliphatic rings. The van der Waals surface area contributed by atoms with Gasteiger partial charge < -0.3 is 51.8 Å². The second-order valence-corrected chi connectivity index (χ2v) is 14.4. The zero-order valence-corrected chi connectivity index (χ0v) is 34.3. The SMILES string of the molecule is Cc1cncc(C(=O)NCCCC[C@@H](NC(=O)[C@@H](CCC(=O)O)NC(=O)[C@@H](CCC(=O)O)NC(=O)[C@@H](CCC(=O)O)NC(=O)c2cccc(C(=O)ON3C(=O)CCC3=O)c2)C(=O)O)c1. The van der Waals surface area contributed by atoms with Crippen molar-refractivity contribution in [2.45, 2.75) is 102 Å². The number of hydrogen-bond acceptors (Lipinski definition) is 14. The Labute approximate surface area is 363 Å². The van der Waals surface area contributed by atoms with E-state index in [2.05, 4.69) is 31.6 Å². The fourth-order valence-corrected chi connectivity index (χ4v) is 5.96. The standard InChI is InChI=1S/C40H47N7O17/c1-21-17-24(20-41-19-21)34(56)42-16-3-2-7-28(39(61)62)46-38(60)27(10-15-33(54)55)45-37(59)26(9-14-32(52)53)44-36(58)25(8-13-31(50)51)43-35(57)22-5-4-6-23(18-22)40(63)64-47-29(48)11-12-30(47)49/h4-6,17-20,25-28H,2-3,7-16H2,1H3,(H,42,56)(H,43,57)(H,44,58)(H,45,59)(H,46,60)(H,50,51)(H,52,53)(H,54,55)(H,61,62)/t25-,26-,27-,28-/m1/s1. The highest BCUT2D eigenvalue weighted by Gasteiger charge is 2.34. The number of nitrogens with zero attached hydrogens (tertiary/aromatic N) is 2. The number of imide groups is 1. The van der Waals surface area contributed by atoms with Gasteiger partial charge in [0.2, 0.25) is 17.7 Å². The first-order chi connectivity index (χ1) is 30.2. The third-order valence-corrected chi connectivity index (χ3v) is 9.33. The smallest absolute Gasteiger partial charge is 0.363 e. The number of aromatic nitrogens is 1. The summed E-state index contributed by atoms with van der Waals surface area (Å²) in [4.78, 5) is 158. The van der Waals surface area contributed by atoms with Crippen LogP contribution in [0.2, 0.25) is 0 Å². The molecule has 7 amide bonds. The first kappa shape index (κ1) is 50.6. The van der Waals surface area contributed by atoms with Crippen LogP contribution >= 0.6 is 0 Å². The van der Waals surface area contributed by atoms with E-state index in [1.54, 1.807) is 19.2 Å². The van der Waals surface area contributed by atoms with Gasteiger partial charge in [-0.25, -0.2) is 9.59 Å². The van der Waals surface area contributed by atoms with Crippen LogP contribution in [0, 0.1) is 6.92 Å². The Morgan fingerprint density at radius 3 is 1.62 bits per heavy atom. The highest BCUT2D eigenvalue weighted by molar-refractivity contribution is 6.04. The van der Waals surface area contributed by atoms with E-state index in [1.165, 1.54) is 24.4 Å². The van der Waals surface area contributed by atoms with E-state index >= 15 is 0 Å². The van der Waals surface area contributed by atoms with Crippen LogP contribution in [0.4, 0.5) is 0 Å². The molecule has 0 bridgehead atoms. The van der Waals surface area contributed by atoms with Crippen LogP contribution in [0.15, 0.2) is 42.7 Å². The Morgan fingerprint density at radius 1 is 0.625 bits per heavy atom. The zero-order chi connectivity index (χ0) is 47.5. The van der Waals surface area contributed by atoms with E-state index in [9.17, 15) is 78.0 Å². The molecular weight excluding hydrogens is 850 g/mol. The van der Waals surface area contributed by atoms with Crippen LogP contribution in [-0.2, 0) is 48.0 Å². The monoisotopic (exact) mass is 897 g/mol. The fourth-order valence-electron chi connectivity index (χ4n) is 5.96. The second-order valence-electron chi connectivity index (χ2n) is 14.4. The van der Waals surface area contributed by atoms with E-state index in [1.807, 2.05) is 0 Å². The number of unbranched alkanes of at least 4 members (excludes halogenated alkanes) is 1. The van der Waals surface area contributed by atoms with Crippen molar-refractivity contribution in [2.24, 2.45) is 0 Å². The molecule has 9 N–H and O–H groups in total. The number of nitrogens with one attached hydrogen (secondary N) is 5. The summed E-state index contributed by atoms with van der Waals surface area (Å²) in [6, 6.07) is -0.596. The van der Waals surface area contributed by atoms with Gasteiger partial charge in [0.05, 0.1) is 11.1 Å². The first-order valence-corrected chi connectivity index (χ1v) is 19.7. The molecule has 0 saturated carbocycles. The third-order valence-electron chi connectivity index (χ3n) is 9.33. The fraction of sp³-hybridized carbons (Fsp3) is 0.425. The molecule has 344 valence electrons. The number of benzene rings is 1. The lowest BCUT2D eigenvalue weighted by Crippen LogP contribution is -2.58. The molecule has 1 aromatic carbocycles. The lowest BCUT2D eigenvalue weighted by atomic mass is 10.0. The average Bonchev–Trinajstić information content (AvgIpc) is 3.56. The minimum atomic E-state index is -1.80. The Hall–Kier alpha value is -7.79. The predicted molar refractivity (Wildman–Crippen MR) is 213 cm³/mol. The van der Waals surface area contributed by atoms with Crippen molar-refractivity contribution in [1.82, 2.24) is 36.6 Å². The quantitative estimate of drug-likeness (QED) is 0.0422. The van der Waals surface area contributed by atoms with Crippen molar-refractivity contribution in [3.05, 3.63) is 65.0 Å². The van der Waals surface area contributed by atoms with Crippen LogP contribution in [0.25, 0.3) is 0 Å². The lowest BCUT2D eigenvalue weighted by molar-refractivity contribution is -0.172. The molecule has 1 aromatic heterocycles. The summed E-state index contributed by atoms with van der Waals surface area (Å²) in [5.74, 6) is -13.5. The van der Waals surface area contributed by atoms with Gasteiger partial charge in [-0.05, 0) is 75.3 Å². The molecule has 24 heteroatoms. The van der Waals surface area contributed by atoms with Gasteiger partial charge in [0, 0.05) is 56.6 Å². The van der Waals surface area contributed by atoms with Gasteiger partial charge in [0.25, 0.3) is 23.6 Å². The summed E-state index contributed by atoms with van der Waals surface area (Å²) in [5, 5.41) is 49.7. The van der Waals surface area contributed by atoms with Crippen molar-refractivity contribution in [1.29, 1.82) is 0 Å². The summed E-state index contributed by atoms with van der Waals surface area (Å²) in [5.41, 5.74) is 0.499. The molecule has 0 aliphatic carbocycles. The molecule has 0 spiro atoms. The third kappa shape index (κ3) is 16.6. The number of amides is 7. The number of carboxylic acid groups (broad SMARTS) is 4. The summed E-state index contributed by atoms with van der Waals surface area (Å²) in [6.45, 7) is 1.90. The lowest BCUT2D eigenvalue weighted by Gasteiger charge is -2.26. The minimum absolute atomic E-state index is 0.144. The molecule has 24 nitrogen and oxygen atoms in total. The van der Waals surface area contributed by atoms with Gasteiger partial charge in [-0.1, -0.05) is 6.07 Å². The molecule has 2 aromatic rings. The van der Waals surface area contributed by atoms with Gasteiger partial charge >= 0.3 is 29.8 Å². The summed E-state index contributed by atoms with van der Waals surface area (Å²) in [7, 11) is 0. The van der Waals surface area contributed by atoms with Gasteiger partial charge in [-0.3, -0.25) is 52.9 Å². The summed E-state index contributed by atoms with van der Waals surface area (Å²) >= 11 is 0. The molecule has 0 unspecified atom stereocenters. The number of pyridine rings is 1. The number of carboxylic acids is 4. The van der Waals surface area contributed by atoms with Gasteiger partial charge in [0.1, 0.15) is 24.2 Å². The molecule has 1 aliphatic heterocycles. The van der Waals surface area contributed by atoms with E-state index < -0.39 is 134 Å². The largest absolute Gasteiger partial charge is 0.481 e. The number of carbonyl (C=O) groups is 12. The van der Waals surface area contributed by atoms with Crippen LogP contribution in [0.5, 0.6) is 0 Å². The number of aryl methyl sites for hydroxylation is 1.